The lowest BCUT2D eigenvalue weighted by Gasteiger charge is -2.29. The predicted octanol–water partition coefficient (Wildman–Crippen LogP) is 3.15. The largest absolute Gasteiger partial charge is 0.306 e. The van der Waals surface area contributed by atoms with Crippen LogP contribution in [0.25, 0.3) is 0 Å². The van der Waals surface area contributed by atoms with Gasteiger partial charge in [-0.15, -0.1) is 0 Å². The molecule has 0 amide bonds. The minimum Gasteiger partial charge on any atom is -0.306 e. The van der Waals surface area contributed by atoms with Gasteiger partial charge in [-0.3, -0.25) is 0 Å². The molecule has 0 spiro atoms. The second kappa shape index (κ2) is 4.33. The Morgan fingerprint density at radius 2 is 2.00 bits per heavy atom. The van der Waals surface area contributed by atoms with Crippen molar-refractivity contribution in [3.05, 3.63) is 34.9 Å². The Morgan fingerprint density at radius 1 is 1.29 bits per heavy atom. The van der Waals surface area contributed by atoms with E-state index in [2.05, 4.69) is 30.1 Å². The summed E-state index contributed by atoms with van der Waals surface area (Å²) in [7, 11) is 2.19. The minimum atomic E-state index is 0.713. The van der Waals surface area contributed by atoms with E-state index in [9.17, 15) is 0 Å². The Labute approximate surface area is 90.7 Å². The highest BCUT2D eigenvalue weighted by atomic mass is 35.5. The Morgan fingerprint density at radius 3 is 2.64 bits per heavy atom. The van der Waals surface area contributed by atoms with Gasteiger partial charge in [0.1, 0.15) is 0 Å². The summed E-state index contributed by atoms with van der Waals surface area (Å²) in [5, 5.41) is 0.862. The van der Waals surface area contributed by atoms with E-state index in [0.29, 0.717) is 5.92 Å². The van der Waals surface area contributed by atoms with Crippen molar-refractivity contribution >= 4 is 11.6 Å². The van der Waals surface area contributed by atoms with E-state index in [0.717, 1.165) is 5.02 Å². The van der Waals surface area contributed by atoms with Gasteiger partial charge in [-0.1, -0.05) is 23.7 Å². The van der Waals surface area contributed by atoms with Crippen LogP contribution < -0.4 is 0 Å². The number of rotatable bonds is 1. The van der Waals surface area contributed by atoms with Crippen LogP contribution in [0.1, 0.15) is 24.3 Å². The van der Waals surface area contributed by atoms with Crippen molar-refractivity contribution in [2.24, 2.45) is 0 Å². The summed E-state index contributed by atoms with van der Waals surface area (Å²) >= 11 is 5.98. The van der Waals surface area contributed by atoms with Gasteiger partial charge in [-0.2, -0.15) is 0 Å². The molecule has 0 aromatic heterocycles. The molecule has 76 valence electrons. The lowest BCUT2D eigenvalue weighted by atomic mass is 9.90. The van der Waals surface area contributed by atoms with Gasteiger partial charge in [-0.05, 0) is 56.6 Å². The molecule has 0 saturated carbocycles. The maximum absolute atomic E-state index is 5.98. The molecule has 1 fully saturated rings. The van der Waals surface area contributed by atoms with Gasteiger partial charge in [-0.25, -0.2) is 0 Å². The summed E-state index contributed by atoms with van der Waals surface area (Å²) in [5.41, 5.74) is 1.41. The molecule has 1 aliphatic rings. The Hall–Kier alpha value is -0.530. The van der Waals surface area contributed by atoms with Gasteiger partial charge in [0.2, 0.25) is 0 Å². The maximum atomic E-state index is 5.98. The van der Waals surface area contributed by atoms with Gasteiger partial charge in [0.25, 0.3) is 0 Å². The average Bonchev–Trinajstić information content (AvgIpc) is 2.19. The van der Waals surface area contributed by atoms with Crippen LogP contribution >= 0.6 is 11.6 Å². The van der Waals surface area contributed by atoms with Crippen LogP contribution in [0.4, 0.5) is 0 Å². The first-order valence-electron chi connectivity index (χ1n) is 5.20. The standard InChI is InChI=1S/C12H16ClN/c1-14-7-5-10(6-8-14)11-3-2-4-12(13)9-11/h2-4,9-10H,5-8H2,1H3. The molecular weight excluding hydrogens is 194 g/mol. The second-order valence-electron chi connectivity index (χ2n) is 4.13. The number of nitrogens with zero attached hydrogens (tertiary/aromatic N) is 1. The van der Waals surface area contributed by atoms with Crippen LogP contribution in [0.15, 0.2) is 24.3 Å². The molecule has 1 aromatic carbocycles. The highest BCUT2D eigenvalue weighted by molar-refractivity contribution is 6.30. The summed E-state index contributed by atoms with van der Waals surface area (Å²) in [5.74, 6) is 0.713. The van der Waals surface area contributed by atoms with Crippen molar-refractivity contribution in [1.82, 2.24) is 4.90 Å². The zero-order valence-corrected chi connectivity index (χ0v) is 9.30. The zero-order valence-electron chi connectivity index (χ0n) is 8.54. The Bertz CT molecular complexity index is 303. The summed E-state index contributed by atoms with van der Waals surface area (Å²) < 4.78 is 0. The van der Waals surface area contributed by atoms with Gasteiger partial charge >= 0.3 is 0 Å². The normalized spacial score (nSPS) is 19.9. The van der Waals surface area contributed by atoms with Gasteiger partial charge in [0, 0.05) is 5.02 Å². The number of hydrogen-bond donors (Lipinski definition) is 0. The molecule has 0 aliphatic carbocycles. The quantitative estimate of drug-likeness (QED) is 0.687. The molecule has 1 saturated heterocycles. The van der Waals surface area contributed by atoms with E-state index >= 15 is 0 Å². The summed E-state index contributed by atoms with van der Waals surface area (Å²) in [4.78, 5) is 2.39. The third-order valence-electron chi connectivity index (χ3n) is 3.04. The molecule has 2 heteroatoms. The molecule has 0 N–H and O–H groups in total. The molecule has 0 atom stereocenters. The molecule has 2 rings (SSSR count). The van der Waals surface area contributed by atoms with Crippen LogP contribution in [0, 0.1) is 0 Å². The number of hydrogen-bond acceptors (Lipinski definition) is 1. The molecule has 1 aromatic rings. The first kappa shape index (κ1) is 10.0. The SMILES string of the molecule is CN1CCC(c2cccc(Cl)c2)CC1. The number of likely N-dealkylation sites (tertiary alicyclic amines) is 1. The van der Waals surface area contributed by atoms with E-state index in [1.807, 2.05) is 6.07 Å². The smallest absolute Gasteiger partial charge is 0.0408 e. The number of halogens is 1. The lowest BCUT2D eigenvalue weighted by molar-refractivity contribution is 0.255. The molecular formula is C12H16ClN. The highest BCUT2D eigenvalue weighted by Crippen LogP contribution is 2.28. The van der Waals surface area contributed by atoms with Gasteiger partial charge in [0.15, 0.2) is 0 Å². The van der Waals surface area contributed by atoms with Crippen molar-refractivity contribution in [2.45, 2.75) is 18.8 Å². The zero-order chi connectivity index (χ0) is 9.97. The fourth-order valence-electron chi connectivity index (χ4n) is 2.10. The van der Waals surface area contributed by atoms with Crippen molar-refractivity contribution in [3.8, 4) is 0 Å². The highest BCUT2D eigenvalue weighted by Gasteiger charge is 2.17. The van der Waals surface area contributed by atoms with E-state index < -0.39 is 0 Å². The fourth-order valence-corrected chi connectivity index (χ4v) is 2.30. The number of benzene rings is 1. The summed E-state index contributed by atoms with van der Waals surface area (Å²) in [6, 6.07) is 8.30. The van der Waals surface area contributed by atoms with Gasteiger partial charge in [0.05, 0.1) is 0 Å². The second-order valence-corrected chi connectivity index (χ2v) is 4.57. The first-order valence-corrected chi connectivity index (χ1v) is 5.57. The van der Waals surface area contributed by atoms with Crippen LogP contribution in [0.5, 0.6) is 0 Å². The summed E-state index contributed by atoms with van der Waals surface area (Å²) in [6.07, 6.45) is 2.52. The van der Waals surface area contributed by atoms with E-state index in [1.54, 1.807) is 0 Å². The van der Waals surface area contributed by atoms with E-state index in [1.165, 1.54) is 31.5 Å². The molecule has 14 heavy (non-hydrogen) atoms. The average molecular weight is 210 g/mol. The van der Waals surface area contributed by atoms with E-state index in [4.69, 9.17) is 11.6 Å². The van der Waals surface area contributed by atoms with Crippen LogP contribution in [0.3, 0.4) is 0 Å². The van der Waals surface area contributed by atoms with Crippen molar-refractivity contribution in [1.29, 1.82) is 0 Å². The molecule has 1 heterocycles. The van der Waals surface area contributed by atoms with Crippen molar-refractivity contribution in [2.75, 3.05) is 20.1 Å². The molecule has 1 aliphatic heterocycles. The van der Waals surface area contributed by atoms with Crippen LogP contribution in [0.2, 0.25) is 5.02 Å². The van der Waals surface area contributed by atoms with Crippen LogP contribution in [-0.4, -0.2) is 25.0 Å². The first-order chi connectivity index (χ1) is 6.75. The van der Waals surface area contributed by atoms with Crippen molar-refractivity contribution < 1.29 is 0 Å². The Kier molecular flexibility index (Phi) is 3.09. The predicted molar refractivity (Wildman–Crippen MR) is 60.9 cm³/mol. The monoisotopic (exact) mass is 209 g/mol. The molecule has 1 nitrogen and oxygen atoms in total. The third kappa shape index (κ3) is 2.28. The third-order valence-corrected chi connectivity index (χ3v) is 3.27. The summed E-state index contributed by atoms with van der Waals surface area (Å²) in [6.45, 7) is 2.41. The lowest BCUT2D eigenvalue weighted by Crippen LogP contribution is -2.29. The van der Waals surface area contributed by atoms with E-state index in [-0.39, 0.29) is 0 Å². The maximum Gasteiger partial charge on any atom is 0.0408 e. The fraction of sp³-hybridized carbons (Fsp3) is 0.500. The van der Waals surface area contributed by atoms with Crippen LogP contribution in [-0.2, 0) is 0 Å². The molecule has 0 radical (unpaired) electrons. The molecule has 0 bridgehead atoms. The van der Waals surface area contributed by atoms with Gasteiger partial charge < -0.3 is 4.90 Å². The number of piperidine rings is 1. The Balaban J connectivity index is 2.08. The van der Waals surface area contributed by atoms with Crippen molar-refractivity contribution in [3.63, 3.8) is 0 Å². The minimum absolute atomic E-state index is 0.713. The topological polar surface area (TPSA) is 3.24 Å². The molecule has 0 unspecified atom stereocenters.